The molecule has 3 amide bonds. The van der Waals surface area contributed by atoms with Crippen LogP contribution in [-0.2, 0) is 27.4 Å². The van der Waals surface area contributed by atoms with Crippen LogP contribution in [0.25, 0.3) is 11.3 Å². The van der Waals surface area contributed by atoms with Gasteiger partial charge in [0.05, 0.1) is 5.69 Å². The van der Waals surface area contributed by atoms with Crippen molar-refractivity contribution in [3.8, 4) is 11.3 Å². The maximum absolute atomic E-state index is 12.9. The van der Waals surface area contributed by atoms with Crippen LogP contribution in [0.4, 0.5) is 0 Å². The van der Waals surface area contributed by atoms with Gasteiger partial charge in [0.2, 0.25) is 11.8 Å². The number of fused-ring (bicyclic) bond motifs is 1. The molecule has 3 aliphatic heterocycles. The Balaban J connectivity index is 1.35. The molecule has 0 aliphatic carbocycles. The molecule has 5 rings (SSSR count). The number of imide groups is 1. The molecule has 2 fully saturated rings. The SMILES string of the molecule is Cc1cc(-c2ccc3c(c2)CN(C2CCC(=O)NC2=O)C3=O)nn1CC1CCOCC1. The van der Waals surface area contributed by atoms with E-state index in [0.717, 1.165) is 55.1 Å². The molecule has 3 aliphatic rings. The van der Waals surface area contributed by atoms with Gasteiger partial charge in [-0.2, -0.15) is 5.10 Å². The van der Waals surface area contributed by atoms with Crippen LogP contribution in [-0.4, -0.2) is 51.7 Å². The second-order valence-electron chi connectivity index (χ2n) is 8.68. The van der Waals surface area contributed by atoms with Crippen LogP contribution in [0.15, 0.2) is 24.3 Å². The molecule has 8 heteroatoms. The molecular formula is C23H26N4O4. The summed E-state index contributed by atoms with van der Waals surface area (Å²) in [7, 11) is 0. The van der Waals surface area contributed by atoms with Gasteiger partial charge in [-0.15, -0.1) is 0 Å². The van der Waals surface area contributed by atoms with Crippen LogP contribution in [0.5, 0.6) is 0 Å². The number of rotatable bonds is 4. The minimum atomic E-state index is -0.595. The predicted octanol–water partition coefficient (Wildman–Crippen LogP) is 2.05. The molecule has 1 N–H and O–H groups in total. The van der Waals surface area contributed by atoms with Crippen LogP contribution >= 0.6 is 0 Å². The van der Waals surface area contributed by atoms with Gasteiger partial charge in [-0.1, -0.05) is 6.07 Å². The first kappa shape index (κ1) is 19.9. The molecule has 1 aromatic carbocycles. The van der Waals surface area contributed by atoms with Crippen molar-refractivity contribution >= 4 is 17.7 Å². The zero-order valence-corrected chi connectivity index (χ0v) is 17.6. The minimum Gasteiger partial charge on any atom is -0.381 e. The van der Waals surface area contributed by atoms with Gasteiger partial charge < -0.3 is 9.64 Å². The van der Waals surface area contributed by atoms with E-state index < -0.39 is 6.04 Å². The van der Waals surface area contributed by atoms with Crippen molar-refractivity contribution in [1.29, 1.82) is 0 Å². The molecule has 2 saturated heterocycles. The molecule has 1 aromatic heterocycles. The van der Waals surface area contributed by atoms with E-state index in [-0.39, 0.29) is 24.1 Å². The van der Waals surface area contributed by atoms with Crippen LogP contribution in [0.1, 0.15) is 47.3 Å². The summed E-state index contributed by atoms with van der Waals surface area (Å²) >= 11 is 0. The first-order valence-electron chi connectivity index (χ1n) is 10.9. The number of carbonyl (C=O) groups excluding carboxylic acids is 3. The molecule has 0 bridgehead atoms. The highest BCUT2D eigenvalue weighted by Crippen LogP contribution is 2.31. The second-order valence-corrected chi connectivity index (χ2v) is 8.68. The van der Waals surface area contributed by atoms with E-state index in [0.29, 0.717) is 24.4 Å². The number of ether oxygens (including phenoxy) is 1. The summed E-state index contributed by atoms with van der Waals surface area (Å²) in [5.74, 6) is -0.239. The first-order chi connectivity index (χ1) is 15.0. The average Bonchev–Trinajstić information content (AvgIpc) is 3.28. The van der Waals surface area contributed by atoms with Crippen molar-refractivity contribution in [1.82, 2.24) is 20.0 Å². The van der Waals surface area contributed by atoms with Crippen molar-refractivity contribution in [2.45, 2.75) is 51.7 Å². The Labute approximate surface area is 180 Å². The summed E-state index contributed by atoms with van der Waals surface area (Å²) in [5.41, 5.74) is 4.48. The molecule has 2 aromatic rings. The van der Waals surface area contributed by atoms with E-state index in [2.05, 4.69) is 23.0 Å². The average molecular weight is 422 g/mol. The van der Waals surface area contributed by atoms with E-state index in [4.69, 9.17) is 9.84 Å². The second kappa shape index (κ2) is 7.92. The van der Waals surface area contributed by atoms with Gasteiger partial charge in [-0.3, -0.25) is 24.4 Å². The Morgan fingerprint density at radius 2 is 1.94 bits per heavy atom. The van der Waals surface area contributed by atoms with Gasteiger partial charge in [0.25, 0.3) is 5.91 Å². The smallest absolute Gasteiger partial charge is 0.255 e. The van der Waals surface area contributed by atoms with E-state index in [9.17, 15) is 14.4 Å². The molecule has 31 heavy (non-hydrogen) atoms. The molecule has 1 atom stereocenters. The van der Waals surface area contributed by atoms with Crippen molar-refractivity contribution in [2.24, 2.45) is 5.92 Å². The van der Waals surface area contributed by atoms with Gasteiger partial charge >= 0.3 is 0 Å². The Bertz CT molecular complexity index is 1050. The summed E-state index contributed by atoms with van der Waals surface area (Å²) in [6.45, 7) is 4.97. The van der Waals surface area contributed by atoms with Crippen LogP contribution in [0.2, 0.25) is 0 Å². The van der Waals surface area contributed by atoms with Crippen LogP contribution < -0.4 is 5.32 Å². The zero-order valence-electron chi connectivity index (χ0n) is 17.6. The molecule has 0 saturated carbocycles. The fourth-order valence-electron chi connectivity index (χ4n) is 4.74. The Morgan fingerprint density at radius 3 is 2.71 bits per heavy atom. The van der Waals surface area contributed by atoms with E-state index in [1.165, 1.54) is 0 Å². The molecule has 162 valence electrons. The maximum Gasteiger partial charge on any atom is 0.255 e. The third-order valence-corrected chi connectivity index (χ3v) is 6.57. The third-order valence-electron chi connectivity index (χ3n) is 6.57. The van der Waals surface area contributed by atoms with Crippen molar-refractivity contribution in [3.63, 3.8) is 0 Å². The third kappa shape index (κ3) is 3.76. The number of aromatic nitrogens is 2. The largest absolute Gasteiger partial charge is 0.381 e. The standard InChI is InChI=1S/C23H26N4O4/c1-14-10-19(25-27(14)12-15-6-8-31-9-7-15)16-2-3-18-17(11-16)13-26(23(18)30)20-4-5-21(28)24-22(20)29/h2-3,10-11,15,20H,4-9,12-13H2,1H3,(H,24,28,29). The number of nitrogens with zero attached hydrogens (tertiary/aromatic N) is 3. The summed E-state index contributed by atoms with van der Waals surface area (Å²) in [5, 5.41) is 7.16. The Kier molecular flexibility index (Phi) is 5.09. The molecule has 8 nitrogen and oxygen atoms in total. The fourth-order valence-corrected chi connectivity index (χ4v) is 4.74. The fraction of sp³-hybridized carbons (Fsp3) is 0.478. The number of piperidine rings is 1. The molecule has 0 radical (unpaired) electrons. The van der Waals surface area contributed by atoms with Gasteiger partial charge in [0, 0.05) is 49.5 Å². The van der Waals surface area contributed by atoms with E-state index >= 15 is 0 Å². The lowest BCUT2D eigenvalue weighted by atomic mass is 10.0. The summed E-state index contributed by atoms with van der Waals surface area (Å²) in [6.07, 6.45) is 2.75. The summed E-state index contributed by atoms with van der Waals surface area (Å²) < 4.78 is 7.52. The van der Waals surface area contributed by atoms with Crippen LogP contribution in [0, 0.1) is 12.8 Å². The van der Waals surface area contributed by atoms with E-state index in [1.807, 2.05) is 18.2 Å². The van der Waals surface area contributed by atoms with Gasteiger partial charge in [0.1, 0.15) is 6.04 Å². The Hall–Kier alpha value is -3.00. The predicted molar refractivity (Wildman–Crippen MR) is 112 cm³/mol. The van der Waals surface area contributed by atoms with Gasteiger partial charge in [-0.05, 0) is 55.9 Å². The molecule has 0 spiro atoms. The van der Waals surface area contributed by atoms with Gasteiger partial charge in [0.15, 0.2) is 0 Å². The Morgan fingerprint density at radius 1 is 1.13 bits per heavy atom. The number of nitrogens with one attached hydrogen (secondary N) is 1. The number of carbonyl (C=O) groups is 3. The quantitative estimate of drug-likeness (QED) is 0.761. The maximum atomic E-state index is 12.9. The lowest BCUT2D eigenvalue weighted by molar-refractivity contribution is -0.136. The minimum absolute atomic E-state index is 0.155. The van der Waals surface area contributed by atoms with Crippen LogP contribution in [0.3, 0.4) is 0 Å². The van der Waals surface area contributed by atoms with Gasteiger partial charge in [-0.25, -0.2) is 0 Å². The highest BCUT2D eigenvalue weighted by molar-refractivity contribution is 6.05. The molecular weight excluding hydrogens is 396 g/mol. The zero-order chi connectivity index (χ0) is 21.5. The van der Waals surface area contributed by atoms with E-state index in [1.54, 1.807) is 4.90 Å². The number of hydrogen-bond donors (Lipinski definition) is 1. The lowest BCUT2D eigenvalue weighted by Gasteiger charge is -2.29. The number of hydrogen-bond acceptors (Lipinski definition) is 5. The normalized spacial score (nSPS) is 22.0. The number of benzene rings is 1. The highest BCUT2D eigenvalue weighted by atomic mass is 16.5. The number of aryl methyl sites for hydroxylation is 1. The summed E-state index contributed by atoms with van der Waals surface area (Å²) in [4.78, 5) is 38.1. The van der Waals surface area contributed by atoms with Crippen molar-refractivity contribution in [2.75, 3.05) is 13.2 Å². The lowest BCUT2D eigenvalue weighted by Crippen LogP contribution is -2.52. The number of amides is 3. The van der Waals surface area contributed by atoms with Crippen molar-refractivity contribution in [3.05, 3.63) is 41.1 Å². The summed E-state index contributed by atoms with van der Waals surface area (Å²) in [6, 6.07) is 7.23. The van der Waals surface area contributed by atoms with Crippen molar-refractivity contribution < 1.29 is 19.1 Å². The molecule has 1 unspecified atom stereocenters. The molecule has 4 heterocycles. The first-order valence-corrected chi connectivity index (χ1v) is 10.9. The topological polar surface area (TPSA) is 93.5 Å². The highest BCUT2D eigenvalue weighted by Gasteiger charge is 2.39. The monoisotopic (exact) mass is 422 g/mol.